The number of unbranched alkanes of at least 4 members (excludes halogenated alkanes) is 17. The SMILES string of the molecule is CCCCCCCCCCCCCCCCC[CH2][Sn]([CH2]CCC)([CH2]CCC)[O]C(C)=O. The topological polar surface area (TPSA) is 26.3 Å². The monoisotopic (exact) mass is 546 g/mol. The second kappa shape index (κ2) is 23.4. The van der Waals surface area contributed by atoms with Crippen LogP contribution >= 0.6 is 0 Å². The average Bonchev–Trinajstić information content (AvgIpc) is 2.75. The number of hydrogen-bond acceptors (Lipinski definition) is 2. The summed E-state index contributed by atoms with van der Waals surface area (Å²) in [6.45, 7) is 8.45. The molecule has 0 aromatic carbocycles. The zero-order chi connectivity index (χ0) is 23.0. The third kappa shape index (κ3) is 20.6. The summed E-state index contributed by atoms with van der Waals surface area (Å²) in [6, 6.07) is 0. The van der Waals surface area contributed by atoms with Crippen LogP contribution in [0.1, 0.15) is 156 Å². The molecule has 3 heteroatoms. The van der Waals surface area contributed by atoms with Crippen LogP contribution in [0.5, 0.6) is 0 Å². The third-order valence-corrected chi connectivity index (χ3v) is 19.7. The maximum atomic E-state index is 11.8. The molecule has 0 saturated carbocycles. The molecule has 31 heavy (non-hydrogen) atoms. The summed E-state index contributed by atoms with van der Waals surface area (Å²) in [4.78, 5) is 11.8. The van der Waals surface area contributed by atoms with Gasteiger partial charge in [0.05, 0.1) is 0 Å². The molecule has 0 N–H and O–H groups in total. The van der Waals surface area contributed by atoms with Crippen LogP contribution < -0.4 is 0 Å². The van der Waals surface area contributed by atoms with Gasteiger partial charge in [0.2, 0.25) is 0 Å². The van der Waals surface area contributed by atoms with Crippen molar-refractivity contribution in [1.82, 2.24) is 0 Å². The molecule has 0 aliphatic carbocycles. The summed E-state index contributed by atoms with van der Waals surface area (Å²) >= 11 is -2.71. The second-order valence-electron chi connectivity index (χ2n) is 10.0. The molecule has 0 amide bonds. The molecule has 0 atom stereocenters. The van der Waals surface area contributed by atoms with Crippen LogP contribution in [0.3, 0.4) is 0 Å². The third-order valence-electron chi connectivity index (χ3n) is 6.82. The van der Waals surface area contributed by atoms with Gasteiger partial charge in [0.1, 0.15) is 0 Å². The Bertz CT molecular complexity index is 375. The minimum absolute atomic E-state index is 0.000464. The molecule has 0 saturated heterocycles. The van der Waals surface area contributed by atoms with Gasteiger partial charge in [-0.05, 0) is 0 Å². The second-order valence-corrected chi connectivity index (χ2v) is 21.7. The first kappa shape index (κ1) is 31.3. The Hall–Kier alpha value is 0.269. The van der Waals surface area contributed by atoms with E-state index in [9.17, 15) is 4.79 Å². The molecule has 0 bridgehead atoms. The molecule has 186 valence electrons. The van der Waals surface area contributed by atoms with E-state index in [0.29, 0.717) is 0 Å². The fourth-order valence-electron chi connectivity index (χ4n) is 4.83. The van der Waals surface area contributed by atoms with Gasteiger partial charge >= 0.3 is 163 Å². The normalized spacial score (nSPS) is 11.7. The summed E-state index contributed by atoms with van der Waals surface area (Å²) in [6.07, 6.45) is 27.6. The zero-order valence-electron chi connectivity index (χ0n) is 22.1. The van der Waals surface area contributed by atoms with Crippen molar-refractivity contribution in [1.29, 1.82) is 0 Å². The Morgan fingerprint density at radius 2 is 0.774 bits per heavy atom. The molecule has 2 nitrogen and oxygen atoms in total. The van der Waals surface area contributed by atoms with Crippen molar-refractivity contribution >= 4 is 24.8 Å². The summed E-state index contributed by atoms with van der Waals surface area (Å²) in [5.41, 5.74) is 0. The van der Waals surface area contributed by atoms with Gasteiger partial charge in [0, 0.05) is 0 Å². The average molecular weight is 545 g/mol. The van der Waals surface area contributed by atoms with E-state index in [4.69, 9.17) is 3.07 Å². The number of carbonyl (C=O) groups is 1. The van der Waals surface area contributed by atoms with Gasteiger partial charge in [-0.25, -0.2) is 0 Å². The van der Waals surface area contributed by atoms with Gasteiger partial charge in [0.15, 0.2) is 0 Å². The summed E-state index contributed by atoms with van der Waals surface area (Å²) in [7, 11) is 0. The van der Waals surface area contributed by atoms with Gasteiger partial charge in [-0.15, -0.1) is 0 Å². The van der Waals surface area contributed by atoms with Crippen molar-refractivity contribution in [2.45, 2.75) is 169 Å². The molecular formula is C28H58O2Sn. The van der Waals surface area contributed by atoms with E-state index in [1.54, 1.807) is 6.92 Å². The first-order valence-electron chi connectivity index (χ1n) is 14.3. The molecule has 0 radical (unpaired) electrons. The summed E-state index contributed by atoms with van der Waals surface area (Å²) in [5.74, 6) is -0.000464. The van der Waals surface area contributed by atoms with Crippen LogP contribution in [0.15, 0.2) is 0 Å². The zero-order valence-corrected chi connectivity index (χ0v) is 24.9. The molecule has 0 spiro atoms. The Labute approximate surface area is 201 Å². The van der Waals surface area contributed by atoms with E-state index in [2.05, 4.69) is 20.8 Å². The van der Waals surface area contributed by atoms with Crippen LogP contribution in [-0.4, -0.2) is 24.8 Å². The molecule has 0 aliphatic rings. The Morgan fingerprint density at radius 3 is 1.10 bits per heavy atom. The molecule has 0 fully saturated rings. The standard InChI is InChI=1S/C18H37.2C4H9.C2H4O2.Sn/c1-3-5-7-9-11-13-15-17-18-16-14-12-10-8-6-4-2;2*1-3-4-2;1-2(3)4;/h1,3-18H2,2H3;2*1,3-4H2,2H3;1H3,(H,3,4);/q;;;;+1/p-1. The van der Waals surface area contributed by atoms with Crippen molar-refractivity contribution in [2.24, 2.45) is 0 Å². The van der Waals surface area contributed by atoms with Crippen LogP contribution in [0.4, 0.5) is 0 Å². The van der Waals surface area contributed by atoms with Crippen molar-refractivity contribution in [3.8, 4) is 0 Å². The van der Waals surface area contributed by atoms with Crippen molar-refractivity contribution in [2.75, 3.05) is 0 Å². The number of rotatable bonds is 24. The van der Waals surface area contributed by atoms with Gasteiger partial charge in [0.25, 0.3) is 0 Å². The van der Waals surface area contributed by atoms with Crippen LogP contribution in [0, 0.1) is 0 Å². The molecule has 0 rings (SSSR count). The molecule has 0 aromatic heterocycles. The quantitative estimate of drug-likeness (QED) is 0.0891. The molecule has 0 aliphatic heterocycles. The van der Waals surface area contributed by atoms with E-state index in [1.165, 1.54) is 142 Å². The molecule has 0 aromatic rings. The number of carbonyl (C=O) groups excluding carboxylic acids is 1. The fraction of sp³-hybridized carbons (Fsp3) is 0.964. The molecule has 0 unspecified atom stereocenters. The minimum atomic E-state index is -2.71. The number of hydrogen-bond donors (Lipinski definition) is 0. The Morgan fingerprint density at radius 1 is 0.484 bits per heavy atom. The fourth-order valence-corrected chi connectivity index (χ4v) is 17.8. The van der Waals surface area contributed by atoms with E-state index in [-0.39, 0.29) is 5.97 Å². The van der Waals surface area contributed by atoms with Crippen molar-refractivity contribution in [3.05, 3.63) is 0 Å². The van der Waals surface area contributed by atoms with Crippen molar-refractivity contribution in [3.63, 3.8) is 0 Å². The predicted molar refractivity (Wildman–Crippen MR) is 141 cm³/mol. The molecule has 0 heterocycles. The van der Waals surface area contributed by atoms with E-state index < -0.39 is 18.8 Å². The predicted octanol–water partition coefficient (Wildman–Crippen LogP) is 10.4. The van der Waals surface area contributed by atoms with Gasteiger partial charge in [-0.1, -0.05) is 39.0 Å². The first-order valence-corrected chi connectivity index (χ1v) is 21.5. The Kier molecular flexibility index (Phi) is 23.6. The summed E-state index contributed by atoms with van der Waals surface area (Å²) < 4.78 is 9.91. The summed E-state index contributed by atoms with van der Waals surface area (Å²) in [5, 5.41) is 0. The maximum absolute atomic E-state index is 11.8. The van der Waals surface area contributed by atoms with Crippen LogP contribution in [-0.2, 0) is 7.87 Å². The van der Waals surface area contributed by atoms with E-state index >= 15 is 0 Å². The Balaban J connectivity index is 3.74. The molecular weight excluding hydrogens is 487 g/mol. The van der Waals surface area contributed by atoms with Crippen molar-refractivity contribution < 1.29 is 7.87 Å². The van der Waals surface area contributed by atoms with Gasteiger partial charge in [-0.2, -0.15) is 0 Å². The van der Waals surface area contributed by atoms with E-state index in [1.807, 2.05) is 0 Å². The van der Waals surface area contributed by atoms with E-state index in [0.717, 1.165) is 0 Å². The van der Waals surface area contributed by atoms with Gasteiger partial charge < -0.3 is 0 Å². The van der Waals surface area contributed by atoms with Crippen LogP contribution in [0.2, 0.25) is 13.3 Å². The van der Waals surface area contributed by atoms with Crippen LogP contribution in [0.25, 0.3) is 0 Å². The van der Waals surface area contributed by atoms with Gasteiger partial charge in [-0.3, -0.25) is 0 Å². The first-order chi connectivity index (χ1) is 15.1.